The van der Waals surface area contributed by atoms with Crippen LogP contribution in [0.25, 0.3) is 0 Å². The van der Waals surface area contributed by atoms with Gasteiger partial charge in [0, 0.05) is 24.7 Å². The smallest absolute Gasteiger partial charge is 0.244 e. The molecule has 1 N–H and O–H groups in total. The van der Waals surface area contributed by atoms with Gasteiger partial charge >= 0.3 is 0 Å². The first-order valence-electron chi connectivity index (χ1n) is 8.24. The zero-order valence-electron chi connectivity index (χ0n) is 13.2. The lowest BCUT2D eigenvalue weighted by molar-refractivity contribution is 0.726. The van der Waals surface area contributed by atoms with Crippen LogP contribution in [0.4, 0.5) is 11.8 Å². The van der Waals surface area contributed by atoms with E-state index in [4.69, 9.17) is 11.6 Å². The van der Waals surface area contributed by atoms with Gasteiger partial charge in [-0.1, -0.05) is 36.6 Å². The van der Waals surface area contributed by atoms with Crippen molar-refractivity contribution in [2.24, 2.45) is 0 Å². The Morgan fingerprint density at radius 1 is 1.04 bits per heavy atom. The van der Waals surface area contributed by atoms with Crippen LogP contribution in [-0.2, 0) is 6.42 Å². The van der Waals surface area contributed by atoms with Crippen molar-refractivity contribution in [3.05, 3.63) is 41.0 Å². The molecule has 0 saturated carbocycles. The summed E-state index contributed by atoms with van der Waals surface area (Å²) in [4.78, 5) is 6.92. The minimum atomic E-state index is 0.598. The summed E-state index contributed by atoms with van der Waals surface area (Å²) in [6, 6.07) is 7.90. The van der Waals surface area contributed by atoms with Crippen LogP contribution < -0.4 is 10.2 Å². The van der Waals surface area contributed by atoms with E-state index >= 15 is 0 Å². The lowest BCUT2D eigenvalue weighted by atomic mass is 10.1. The quantitative estimate of drug-likeness (QED) is 0.907. The molecule has 0 bridgehead atoms. The van der Waals surface area contributed by atoms with Crippen LogP contribution in [0.5, 0.6) is 0 Å². The number of hydrogen-bond donors (Lipinski definition) is 1. The molecule has 0 amide bonds. The predicted octanol–water partition coefficient (Wildman–Crippen LogP) is 3.56. The molecule has 1 aliphatic heterocycles. The van der Waals surface area contributed by atoms with Crippen LogP contribution in [0.15, 0.2) is 30.5 Å². The Balaban J connectivity index is 1.55. The number of rotatable bonds is 5. The summed E-state index contributed by atoms with van der Waals surface area (Å²) in [5.74, 6) is 1.52. The maximum atomic E-state index is 5.90. The molecule has 1 aliphatic rings. The van der Waals surface area contributed by atoms with Crippen molar-refractivity contribution >= 4 is 23.4 Å². The van der Waals surface area contributed by atoms with E-state index in [9.17, 15) is 0 Å². The summed E-state index contributed by atoms with van der Waals surface area (Å²) >= 11 is 5.90. The first-order chi connectivity index (χ1) is 11.3. The Morgan fingerprint density at radius 2 is 1.78 bits per heavy atom. The van der Waals surface area contributed by atoms with Crippen molar-refractivity contribution < 1.29 is 0 Å². The zero-order chi connectivity index (χ0) is 15.9. The maximum absolute atomic E-state index is 5.90. The molecular weight excluding hydrogens is 310 g/mol. The number of aromatic nitrogens is 3. The van der Waals surface area contributed by atoms with Gasteiger partial charge < -0.3 is 10.2 Å². The fraction of sp³-hybridized carbons (Fsp3) is 0.471. The van der Waals surface area contributed by atoms with E-state index in [0.29, 0.717) is 5.95 Å². The number of anilines is 2. The second-order valence-corrected chi connectivity index (χ2v) is 6.28. The molecule has 6 heteroatoms. The van der Waals surface area contributed by atoms with Crippen molar-refractivity contribution in [2.45, 2.75) is 32.1 Å². The molecule has 5 nitrogen and oxygen atoms in total. The van der Waals surface area contributed by atoms with Crippen LogP contribution in [0.2, 0.25) is 5.02 Å². The largest absolute Gasteiger partial charge is 0.355 e. The number of halogens is 1. The van der Waals surface area contributed by atoms with E-state index in [1.165, 1.54) is 31.2 Å². The molecule has 0 radical (unpaired) electrons. The Morgan fingerprint density at radius 3 is 2.52 bits per heavy atom. The molecule has 1 saturated heterocycles. The molecule has 122 valence electrons. The summed E-state index contributed by atoms with van der Waals surface area (Å²) < 4.78 is 0. The highest BCUT2D eigenvalue weighted by atomic mass is 35.5. The third kappa shape index (κ3) is 4.79. The van der Waals surface area contributed by atoms with Crippen molar-refractivity contribution in [1.82, 2.24) is 15.2 Å². The zero-order valence-corrected chi connectivity index (χ0v) is 14.0. The Bertz CT molecular complexity index is 609. The summed E-state index contributed by atoms with van der Waals surface area (Å²) in [5.41, 5.74) is 1.23. The van der Waals surface area contributed by atoms with Crippen molar-refractivity contribution in [3.8, 4) is 0 Å². The number of benzene rings is 1. The molecule has 2 heterocycles. The van der Waals surface area contributed by atoms with E-state index in [1.54, 1.807) is 6.20 Å². The highest BCUT2D eigenvalue weighted by Crippen LogP contribution is 2.17. The highest BCUT2D eigenvalue weighted by molar-refractivity contribution is 6.30. The normalized spacial score (nSPS) is 15.3. The maximum Gasteiger partial charge on any atom is 0.244 e. The molecule has 0 atom stereocenters. The van der Waals surface area contributed by atoms with Gasteiger partial charge in [-0.3, -0.25) is 0 Å². The summed E-state index contributed by atoms with van der Waals surface area (Å²) in [7, 11) is 0. The fourth-order valence-electron chi connectivity index (χ4n) is 2.79. The fourth-order valence-corrected chi connectivity index (χ4v) is 2.92. The number of nitrogens with one attached hydrogen (secondary N) is 1. The van der Waals surface area contributed by atoms with Gasteiger partial charge in [0.05, 0.1) is 6.20 Å². The van der Waals surface area contributed by atoms with Crippen LogP contribution in [0.1, 0.15) is 31.2 Å². The first kappa shape index (κ1) is 16.0. The molecule has 0 unspecified atom stereocenters. The van der Waals surface area contributed by atoms with Gasteiger partial charge in [0.1, 0.15) is 0 Å². The van der Waals surface area contributed by atoms with Crippen molar-refractivity contribution in [3.63, 3.8) is 0 Å². The molecular formula is C17H22ClN5. The Labute approximate surface area is 142 Å². The molecule has 1 fully saturated rings. The number of hydrogen-bond acceptors (Lipinski definition) is 5. The molecule has 2 aromatic rings. The third-order valence-corrected chi connectivity index (χ3v) is 4.34. The van der Waals surface area contributed by atoms with Gasteiger partial charge in [-0.15, -0.1) is 5.10 Å². The standard InChI is InChI=1S/C17H22ClN5/c18-15-7-5-14(6-8-15)9-10-19-17-21-16(13-20-22-17)23-11-3-1-2-4-12-23/h5-8,13H,1-4,9-12H2,(H,19,21,22). The molecule has 0 aliphatic carbocycles. The SMILES string of the molecule is Clc1ccc(CCNc2nncc(N3CCCCCC3)n2)cc1. The lowest BCUT2D eigenvalue weighted by Crippen LogP contribution is -2.25. The molecule has 23 heavy (non-hydrogen) atoms. The van der Waals surface area contributed by atoms with E-state index in [1.807, 2.05) is 24.3 Å². The minimum absolute atomic E-state index is 0.598. The topological polar surface area (TPSA) is 53.9 Å². The molecule has 1 aromatic heterocycles. The average Bonchev–Trinajstić information content (AvgIpc) is 2.86. The lowest BCUT2D eigenvalue weighted by Gasteiger charge is -2.20. The Hall–Kier alpha value is -1.88. The van der Waals surface area contributed by atoms with Crippen LogP contribution in [0.3, 0.4) is 0 Å². The minimum Gasteiger partial charge on any atom is -0.355 e. The molecule has 3 rings (SSSR count). The highest BCUT2D eigenvalue weighted by Gasteiger charge is 2.12. The van der Waals surface area contributed by atoms with Gasteiger partial charge in [0.25, 0.3) is 0 Å². The predicted molar refractivity (Wildman–Crippen MR) is 94.2 cm³/mol. The monoisotopic (exact) mass is 331 g/mol. The van der Waals surface area contributed by atoms with Crippen LogP contribution in [0, 0.1) is 0 Å². The van der Waals surface area contributed by atoms with Crippen LogP contribution in [-0.4, -0.2) is 34.8 Å². The van der Waals surface area contributed by atoms with E-state index < -0.39 is 0 Å². The summed E-state index contributed by atoms with van der Waals surface area (Å²) in [6.07, 6.45) is 7.72. The van der Waals surface area contributed by atoms with Crippen molar-refractivity contribution in [1.29, 1.82) is 0 Å². The Kier molecular flexibility index (Phi) is 5.64. The van der Waals surface area contributed by atoms with Gasteiger partial charge in [-0.05, 0) is 37.0 Å². The van der Waals surface area contributed by atoms with Crippen molar-refractivity contribution in [2.75, 3.05) is 29.9 Å². The third-order valence-electron chi connectivity index (χ3n) is 4.09. The first-order valence-corrected chi connectivity index (χ1v) is 8.62. The van der Waals surface area contributed by atoms with Gasteiger partial charge in [-0.25, -0.2) is 0 Å². The molecule has 0 spiro atoms. The van der Waals surface area contributed by atoms with Crippen LogP contribution >= 0.6 is 11.6 Å². The van der Waals surface area contributed by atoms with Gasteiger partial charge in [0.15, 0.2) is 5.82 Å². The molecule has 1 aromatic carbocycles. The number of nitrogens with zero attached hydrogens (tertiary/aromatic N) is 4. The second kappa shape index (κ2) is 8.11. The van der Waals surface area contributed by atoms with E-state index in [2.05, 4.69) is 25.4 Å². The van der Waals surface area contributed by atoms with E-state index in [-0.39, 0.29) is 0 Å². The van der Waals surface area contributed by atoms with Gasteiger partial charge in [-0.2, -0.15) is 10.1 Å². The van der Waals surface area contributed by atoms with Gasteiger partial charge in [0.2, 0.25) is 5.95 Å². The average molecular weight is 332 g/mol. The second-order valence-electron chi connectivity index (χ2n) is 5.84. The summed E-state index contributed by atoms with van der Waals surface area (Å²) in [6.45, 7) is 2.89. The van der Waals surface area contributed by atoms with E-state index in [0.717, 1.165) is 36.9 Å². The summed E-state index contributed by atoms with van der Waals surface area (Å²) in [5, 5.41) is 12.2.